The normalized spacial score (nSPS) is 13.3. The first-order valence-electron chi connectivity index (χ1n) is 9.98. The molecule has 1 N–H and O–H groups in total. The van der Waals surface area contributed by atoms with E-state index < -0.39 is 28.9 Å². The zero-order chi connectivity index (χ0) is 24.2. The summed E-state index contributed by atoms with van der Waals surface area (Å²) < 4.78 is 11.2. The molecule has 2 amide bonds. The van der Waals surface area contributed by atoms with Gasteiger partial charge in [-0.1, -0.05) is 30.3 Å². The standard InChI is InChI=1S/C23H28N4O5/c1-21(2,3)31-19(28)25-27(20(29)32-22(4,5)6)23(16-24,17-12-8-7-9-13-17)18-14-10-11-15-26(18)30/h7-15H,1-6H3,(H,25,28)/t23-/m1/s1. The molecule has 0 saturated carbocycles. The topological polar surface area (TPSA) is 119 Å². The van der Waals surface area contributed by atoms with Crippen LogP contribution in [0, 0.1) is 16.5 Å². The number of pyridine rings is 1. The summed E-state index contributed by atoms with van der Waals surface area (Å²) in [5.74, 6) is 0. The van der Waals surface area contributed by atoms with Crippen molar-refractivity contribution in [1.82, 2.24) is 10.4 Å². The van der Waals surface area contributed by atoms with E-state index in [-0.39, 0.29) is 11.3 Å². The highest BCUT2D eigenvalue weighted by Gasteiger charge is 2.52. The number of nitrogens with one attached hydrogen (secondary N) is 1. The van der Waals surface area contributed by atoms with Crippen molar-refractivity contribution < 1.29 is 23.8 Å². The van der Waals surface area contributed by atoms with Crippen molar-refractivity contribution in [3.05, 3.63) is 71.2 Å². The van der Waals surface area contributed by atoms with E-state index in [9.17, 15) is 20.1 Å². The fourth-order valence-corrected chi connectivity index (χ4v) is 2.92. The molecule has 9 nitrogen and oxygen atoms in total. The van der Waals surface area contributed by atoms with Crippen LogP contribution in [-0.2, 0) is 15.0 Å². The number of carbonyl (C=O) groups is 2. The molecule has 1 aromatic carbocycles. The summed E-state index contributed by atoms with van der Waals surface area (Å²) in [6, 6.07) is 14.7. The molecule has 1 aromatic heterocycles. The Morgan fingerprint density at radius 3 is 2.03 bits per heavy atom. The number of benzene rings is 1. The van der Waals surface area contributed by atoms with Crippen molar-refractivity contribution >= 4 is 12.2 Å². The summed E-state index contributed by atoms with van der Waals surface area (Å²) >= 11 is 0. The first-order valence-corrected chi connectivity index (χ1v) is 9.98. The van der Waals surface area contributed by atoms with Crippen LogP contribution in [0.2, 0.25) is 0 Å². The monoisotopic (exact) mass is 440 g/mol. The minimum Gasteiger partial charge on any atom is -0.618 e. The van der Waals surface area contributed by atoms with Crippen LogP contribution in [0.15, 0.2) is 54.7 Å². The van der Waals surface area contributed by atoms with Gasteiger partial charge < -0.3 is 14.7 Å². The van der Waals surface area contributed by atoms with E-state index in [4.69, 9.17) is 9.47 Å². The Kier molecular flexibility index (Phi) is 6.99. The molecule has 0 aliphatic rings. The summed E-state index contributed by atoms with van der Waals surface area (Å²) in [5, 5.41) is 23.9. The van der Waals surface area contributed by atoms with Crippen molar-refractivity contribution in [2.24, 2.45) is 0 Å². The van der Waals surface area contributed by atoms with Crippen LogP contribution in [0.4, 0.5) is 9.59 Å². The van der Waals surface area contributed by atoms with Gasteiger partial charge in [-0.15, -0.1) is 0 Å². The van der Waals surface area contributed by atoms with Gasteiger partial charge >= 0.3 is 12.2 Å². The second kappa shape index (κ2) is 9.14. The smallest absolute Gasteiger partial charge is 0.431 e. The fraction of sp³-hybridized carbons (Fsp3) is 0.391. The average molecular weight is 441 g/mol. The molecular formula is C23H28N4O5. The maximum atomic E-state index is 13.3. The molecular weight excluding hydrogens is 412 g/mol. The van der Waals surface area contributed by atoms with Crippen LogP contribution in [0.25, 0.3) is 0 Å². The Morgan fingerprint density at radius 2 is 1.53 bits per heavy atom. The predicted molar refractivity (Wildman–Crippen MR) is 116 cm³/mol. The van der Waals surface area contributed by atoms with Gasteiger partial charge in [0.1, 0.15) is 17.3 Å². The van der Waals surface area contributed by atoms with E-state index in [2.05, 4.69) is 11.5 Å². The van der Waals surface area contributed by atoms with Crippen molar-refractivity contribution in [2.75, 3.05) is 0 Å². The van der Waals surface area contributed by atoms with E-state index in [1.54, 1.807) is 77.9 Å². The van der Waals surface area contributed by atoms with Gasteiger partial charge in [0.25, 0.3) is 5.54 Å². The molecule has 170 valence electrons. The largest absolute Gasteiger partial charge is 0.618 e. The fourth-order valence-electron chi connectivity index (χ4n) is 2.92. The number of aromatic nitrogens is 1. The molecule has 1 atom stereocenters. The van der Waals surface area contributed by atoms with Gasteiger partial charge in [0.2, 0.25) is 5.69 Å². The number of hydrogen-bond donors (Lipinski definition) is 1. The van der Waals surface area contributed by atoms with Crippen LogP contribution in [0.1, 0.15) is 52.8 Å². The number of ether oxygens (including phenoxy) is 2. The van der Waals surface area contributed by atoms with Crippen molar-refractivity contribution in [1.29, 1.82) is 5.26 Å². The lowest BCUT2D eigenvalue weighted by Gasteiger charge is -2.37. The molecule has 0 aliphatic heterocycles. The number of rotatable bonds is 3. The minimum atomic E-state index is -2.07. The maximum Gasteiger partial charge on any atom is 0.431 e. The second-order valence-corrected chi connectivity index (χ2v) is 9.03. The summed E-state index contributed by atoms with van der Waals surface area (Å²) in [6.45, 7) is 9.89. The number of amides is 2. The number of hydrogen-bond acceptors (Lipinski definition) is 6. The molecule has 0 radical (unpaired) electrons. The Hall–Kier alpha value is -3.80. The van der Waals surface area contributed by atoms with Gasteiger partial charge in [0, 0.05) is 17.7 Å². The molecule has 1 heterocycles. The highest BCUT2D eigenvalue weighted by Crippen LogP contribution is 2.34. The van der Waals surface area contributed by atoms with Crippen LogP contribution < -0.4 is 10.2 Å². The van der Waals surface area contributed by atoms with E-state index in [0.29, 0.717) is 9.74 Å². The lowest BCUT2D eigenvalue weighted by Crippen LogP contribution is -2.62. The summed E-state index contributed by atoms with van der Waals surface area (Å²) in [6.07, 6.45) is -0.838. The highest BCUT2D eigenvalue weighted by molar-refractivity contribution is 5.77. The SMILES string of the molecule is CC(C)(C)OC(=O)NN(C(=O)OC(C)(C)C)[C@](C#N)(c1ccccc1)c1cccc[n+]1[O-]. The van der Waals surface area contributed by atoms with Gasteiger partial charge in [0.05, 0.1) is 0 Å². The van der Waals surface area contributed by atoms with Gasteiger partial charge in [-0.3, -0.25) is 0 Å². The number of nitrogens with zero attached hydrogens (tertiary/aromatic N) is 3. The Labute approximate surface area is 187 Å². The molecule has 0 fully saturated rings. The van der Waals surface area contributed by atoms with Gasteiger partial charge in [-0.25, -0.2) is 15.0 Å². The molecule has 0 spiro atoms. The van der Waals surface area contributed by atoms with Crippen LogP contribution in [-0.4, -0.2) is 28.4 Å². The van der Waals surface area contributed by atoms with Gasteiger partial charge in [-0.05, 0) is 47.6 Å². The molecule has 32 heavy (non-hydrogen) atoms. The molecule has 9 heteroatoms. The summed E-state index contributed by atoms with van der Waals surface area (Å²) in [7, 11) is 0. The van der Waals surface area contributed by atoms with E-state index >= 15 is 0 Å². The predicted octanol–water partition coefficient (Wildman–Crippen LogP) is 3.76. The molecule has 0 saturated heterocycles. The summed E-state index contributed by atoms with van der Waals surface area (Å²) in [4.78, 5) is 26.0. The molecule has 2 rings (SSSR count). The van der Waals surface area contributed by atoms with Gasteiger partial charge in [-0.2, -0.15) is 15.0 Å². The van der Waals surface area contributed by atoms with Crippen LogP contribution in [0.5, 0.6) is 0 Å². The molecule has 0 bridgehead atoms. The van der Waals surface area contributed by atoms with E-state index in [1.165, 1.54) is 18.3 Å². The minimum absolute atomic E-state index is 0.115. The number of nitriles is 1. The number of hydrazine groups is 1. The van der Waals surface area contributed by atoms with Crippen molar-refractivity contribution in [3.8, 4) is 6.07 Å². The third-order valence-electron chi connectivity index (χ3n) is 4.06. The van der Waals surface area contributed by atoms with Crippen LogP contribution >= 0.6 is 0 Å². The quantitative estimate of drug-likeness (QED) is 0.441. The van der Waals surface area contributed by atoms with Crippen molar-refractivity contribution in [2.45, 2.75) is 58.3 Å². The lowest BCUT2D eigenvalue weighted by molar-refractivity contribution is -0.618. The third-order valence-corrected chi connectivity index (χ3v) is 4.06. The zero-order valence-electron chi connectivity index (χ0n) is 19.1. The average Bonchev–Trinajstić information content (AvgIpc) is 2.67. The zero-order valence-corrected chi connectivity index (χ0v) is 19.1. The van der Waals surface area contributed by atoms with E-state index in [1.807, 2.05) is 0 Å². The highest BCUT2D eigenvalue weighted by atomic mass is 16.6. The van der Waals surface area contributed by atoms with Gasteiger partial charge in [0.15, 0.2) is 6.20 Å². The Morgan fingerprint density at radius 1 is 0.969 bits per heavy atom. The second-order valence-electron chi connectivity index (χ2n) is 9.03. The van der Waals surface area contributed by atoms with Crippen LogP contribution in [0.3, 0.4) is 0 Å². The summed E-state index contributed by atoms with van der Waals surface area (Å²) in [5.41, 5.74) is -1.41. The first-order chi connectivity index (χ1) is 14.8. The lowest BCUT2D eigenvalue weighted by atomic mass is 9.86. The molecule has 0 aliphatic carbocycles. The Bertz CT molecular complexity index is 1010. The third kappa shape index (κ3) is 5.66. The Balaban J connectivity index is 2.77. The molecule has 0 unspecified atom stereocenters. The maximum absolute atomic E-state index is 13.3. The molecule has 2 aromatic rings. The number of carbonyl (C=O) groups excluding carboxylic acids is 2. The van der Waals surface area contributed by atoms with Crippen molar-refractivity contribution in [3.63, 3.8) is 0 Å². The first kappa shape index (κ1) is 24.5. The van der Waals surface area contributed by atoms with E-state index in [0.717, 1.165) is 0 Å².